The minimum absolute atomic E-state index is 0.420. The van der Waals surface area contributed by atoms with Crippen LogP contribution in [0.25, 0.3) is 0 Å². The predicted octanol–water partition coefficient (Wildman–Crippen LogP) is 1.49. The van der Waals surface area contributed by atoms with Crippen molar-refractivity contribution in [3.05, 3.63) is 0 Å². The Morgan fingerprint density at radius 2 is 1.86 bits per heavy atom. The summed E-state index contributed by atoms with van der Waals surface area (Å²) in [7, 11) is 0. The predicted molar refractivity (Wildman–Crippen MR) is 56.0 cm³/mol. The van der Waals surface area contributed by atoms with Crippen molar-refractivity contribution in [1.82, 2.24) is 4.90 Å². The molecule has 0 aromatic carbocycles. The maximum absolute atomic E-state index is 9.24. The Kier molecular flexibility index (Phi) is 2.10. The van der Waals surface area contributed by atoms with Gasteiger partial charge in [-0.3, -0.25) is 0 Å². The molecule has 2 heteroatoms. The summed E-state index contributed by atoms with van der Waals surface area (Å²) in [4.78, 5) is 2.62. The fourth-order valence-electron chi connectivity index (χ4n) is 3.45. The summed E-state index contributed by atoms with van der Waals surface area (Å²) in [5.74, 6) is 1.42. The van der Waals surface area contributed by atoms with Crippen molar-refractivity contribution < 1.29 is 5.11 Å². The molecule has 1 N–H and O–H groups in total. The van der Waals surface area contributed by atoms with E-state index in [2.05, 4.69) is 4.90 Å². The smallest absolute Gasteiger partial charge is 0.0462 e. The molecule has 1 saturated heterocycles. The summed E-state index contributed by atoms with van der Waals surface area (Å²) >= 11 is 0. The topological polar surface area (TPSA) is 23.5 Å². The van der Waals surface area contributed by atoms with Crippen LogP contribution in [0.5, 0.6) is 0 Å². The fourth-order valence-corrected chi connectivity index (χ4v) is 3.45. The van der Waals surface area contributed by atoms with Crippen LogP contribution in [0.4, 0.5) is 0 Å². The van der Waals surface area contributed by atoms with Crippen molar-refractivity contribution in [1.29, 1.82) is 0 Å². The Morgan fingerprint density at radius 3 is 2.50 bits per heavy atom. The number of rotatable bonds is 3. The van der Waals surface area contributed by atoms with Gasteiger partial charge in [-0.2, -0.15) is 0 Å². The van der Waals surface area contributed by atoms with Crippen molar-refractivity contribution in [2.24, 2.45) is 17.3 Å². The Labute approximate surface area is 86.3 Å². The molecule has 0 bridgehead atoms. The lowest BCUT2D eigenvalue weighted by molar-refractivity contribution is 0.0500. The first kappa shape index (κ1) is 9.17. The number of likely N-dealkylation sites (tertiary alicyclic amines) is 1. The van der Waals surface area contributed by atoms with Gasteiger partial charge in [0.1, 0.15) is 0 Å². The Morgan fingerprint density at radius 1 is 1.14 bits per heavy atom. The molecular weight excluding hydrogens is 174 g/mol. The van der Waals surface area contributed by atoms with E-state index in [1.165, 1.54) is 51.7 Å². The van der Waals surface area contributed by atoms with Gasteiger partial charge in [0, 0.05) is 26.2 Å². The number of nitrogens with zero attached hydrogens (tertiary/aromatic N) is 1. The van der Waals surface area contributed by atoms with Gasteiger partial charge >= 0.3 is 0 Å². The lowest BCUT2D eigenvalue weighted by Crippen LogP contribution is -2.50. The van der Waals surface area contributed by atoms with Crippen LogP contribution < -0.4 is 0 Å². The van der Waals surface area contributed by atoms with E-state index < -0.39 is 0 Å². The lowest BCUT2D eigenvalue weighted by Gasteiger charge is -2.42. The molecule has 1 spiro atoms. The van der Waals surface area contributed by atoms with Crippen molar-refractivity contribution in [2.45, 2.75) is 32.1 Å². The first-order chi connectivity index (χ1) is 6.81. The monoisotopic (exact) mass is 195 g/mol. The molecule has 80 valence electrons. The van der Waals surface area contributed by atoms with E-state index in [1.54, 1.807) is 0 Å². The van der Waals surface area contributed by atoms with Gasteiger partial charge in [-0.15, -0.1) is 0 Å². The second-order valence-corrected chi connectivity index (χ2v) is 5.80. The maximum atomic E-state index is 9.24. The number of hydrogen-bond acceptors (Lipinski definition) is 2. The zero-order valence-corrected chi connectivity index (χ0v) is 8.91. The van der Waals surface area contributed by atoms with Gasteiger partial charge in [0.2, 0.25) is 0 Å². The molecule has 0 amide bonds. The van der Waals surface area contributed by atoms with Crippen LogP contribution in [0.15, 0.2) is 0 Å². The average Bonchev–Trinajstić information content (AvgIpc) is 2.78. The molecule has 2 aliphatic carbocycles. The Hall–Kier alpha value is -0.0800. The first-order valence-electron chi connectivity index (χ1n) is 6.15. The van der Waals surface area contributed by atoms with Crippen molar-refractivity contribution in [3.63, 3.8) is 0 Å². The van der Waals surface area contributed by atoms with E-state index in [-0.39, 0.29) is 0 Å². The van der Waals surface area contributed by atoms with Gasteiger partial charge in [-0.25, -0.2) is 0 Å². The quantitative estimate of drug-likeness (QED) is 0.737. The molecule has 2 saturated carbocycles. The van der Waals surface area contributed by atoms with Crippen LogP contribution in [0, 0.1) is 17.3 Å². The van der Waals surface area contributed by atoms with Gasteiger partial charge in [0.05, 0.1) is 0 Å². The van der Waals surface area contributed by atoms with Gasteiger partial charge in [-0.1, -0.05) is 6.42 Å². The molecule has 1 aliphatic heterocycles. The average molecular weight is 195 g/mol. The van der Waals surface area contributed by atoms with Crippen molar-refractivity contribution in [2.75, 3.05) is 26.2 Å². The molecule has 2 nitrogen and oxygen atoms in total. The van der Waals surface area contributed by atoms with E-state index in [4.69, 9.17) is 0 Å². The molecule has 2 unspecified atom stereocenters. The summed E-state index contributed by atoms with van der Waals surface area (Å²) in [6.07, 6.45) is 6.93. The second kappa shape index (κ2) is 3.21. The van der Waals surface area contributed by atoms with Crippen LogP contribution in [0.3, 0.4) is 0 Å². The molecular formula is C12H21NO. The highest BCUT2D eigenvalue weighted by Crippen LogP contribution is 2.53. The molecule has 1 heterocycles. The normalized spacial score (nSPS) is 40.1. The van der Waals surface area contributed by atoms with Gasteiger partial charge in [0.25, 0.3) is 0 Å². The van der Waals surface area contributed by atoms with Crippen LogP contribution in [0.2, 0.25) is 0 Å². The standard InChI is InChI=1S/C12H21NO/c14-7-11-3-1-2-10(11)6-13-8-12(9-13)4-5-12/h10-11,14H,1-9H2. The van der Waals surface area contributed by atoms with Crippen LogP contribution in [-0.2, 0) is 0 Å². The molecule has 3 aliphatic rings. The summed E-state index contributed by atoms with van der Waals surface area (Å²) in [6.45, 7) is 4.42. The van der Waals surface area contributed by atoms with E-state index in [9.17, 15) is 5.11 Å². The Bertz CT molecular complexity index is 216. The lowest BCUT2D eigenvalue weighted by atomic mass is 9.91. The molecule has 0 aromatic rings. The summed E-state index contributed by atoms with van der Waals surface area (Å²) in [5, 5.41) is 9.24. The molecule has 0 radical (unpaired) electrons. The summed E-state index contributed by atoms with van der Waals surface area (Å²) in [6, 6.07) is 0. The molecule has 14 heavy (non-hydrogen) atoms. The van der Waals surface area contributed by atoms with Crippen molar-refractivity contribution >= 4 is 0 Å². The van der Waals surface area contributed by atoms with E-state index in [0.29, 0.717) is 12.5 Å². The highest BCUT2D eigenvalue weighted by Gasteiger charge is 2.52. The van der Waals surface area contributed by atoms with Gasteiger partial charge < -0.3 is 10.0 Å². The summed E-state index contributed by atoms with van der Waals surface area (Å²) < 4.78 is 0. The minimum atomic E-state index is 0.420. The van der Waals surface area contributed by atoms with Crippen LogP contribution in [0.1, 0.15) is 32.1 Å². The maximum Gasteiger partial charge on any atom is 0.0462 e. The highest BCUT2D eigenvalue weighted by molar-refractivity contribution is 5.05. The fraction of sp³-hybridized carbons (Fsp3) is 1.00. The van der Waals surface area contributed by atoms with Gasteiger partial charge in [0.15, 0.2) is 0 Å². The van der Waals surface area contributed by atoms with E-state index in [0.717, 1.165) is 11.3 Å². The molecule has 0 aromatic heterocycles. The zero-order valence-electron chi connectivity index (χ0n) is 8.91. The number of hydrogen-bond donors (Lipinski definition) is 1. The number of aliphatic hydroxyl groups is 1. The third kappa shape index (κ3) is 1.49. The SMILES string of the molecule is OCC1CCCC1CN1CC2(CC2)C1. The first-order valence-corrected chi connectivity index (χ1v) is 6.15. The third-order valence-electron chi connectivity index (χ3n) is 4.62. The largest absolute Gasteiger partial charge is 0.396 e. The zero-order chi connectivity index (χ0) is 9.60. The van der Waals surface area contributed by atoms with Crippen LogP contribution >= 0.6 is 0 Å². The molecule has 3 rings (SSSR count). The Balaban J connectivity index is 1.47. The highest BCUT2D eigenvalue weighted by atomic mass is 16.3. The van der Waals surface area contributed by atoms with Crippen LogP contribution in [-0.4, -0.2) is 36.2 Å². The van der Waals surface area contributed by atoms with Gasteiger partial charge in [-0.05, 0) is 42.9 Å². The number of aliphatic hydroxyl groups excluding tert-OH is 1. The minimum Gasteiger partial charge on any atom is -0.396 e. The molecule has 2 atom stereocenters. The summed E-state index contributed by atoms with van der Waals surface area (Å²) in [5.41, 5.74) is 0.799. The molecule has 3 fully saturated rings. The van der Waals surface area contributed by atoms with E-state index >= 15 is 0 Å². The van der Waals surface area contributed by atoms with Crippen molar-refractivity contribution in [3.8, 4) is 0 Å². The second-order valence-electron chi connectivity index (χ2n) is 5.80. The van der Waals surface area contributed by atoms with E-state index in [1.807, 2.05) is 0 Å². The third-order valence-corrected chi connectivity index (χ3v) is 4.62.